The van der Waals surface area contributed by atoms with E-state index in [-0.39, 0.29) is 5.78 Å². The molecule has 0 heterocycles. The Kier molecular flexibility index (Phi) is 5.50. The Morgan fingerprint density at radius 1 is 1.80 bits per heavy atom. The van der Waals surface area contributed by atoms with Gasteiger partial charge in [-0.1, -0.05) is 12.3 Å². The standard InChI is InChI=1S/C8H12O2/c1-3-6-10-7-4-5-8(2)9/h6H,1,4-5,7H2,2H3. The fourth-order valence-corrected chi connectivity index (χ4v) is 0.522. The molecule has 0 aliphatic carbocycles. The second-order valence-corrected chi connectivity index (χ2v) is 2.00. The number of hydrogen-bond donors (Lipinski definition) is 0. The van der Waals surface area contributed by atoms with Gasteiger partial charge in [0, 0.05) is 6.42 Å². The summed E-state index contributed by atoms with van der Waals surface area (Å²) in [5, 5.41) is 0. The first kappa shape index (κ1) is 8.99. The van der Waals surface area contributed by atoms with Crippen LogP contribution in [-0.4, -0.2) is 12.4 Å². The van der Waals surface area contributed by atoms with E-state index >= 15 is 0 Å². The van der Waals surface area contributed by atoms with Crippen LogP contribution in [0.4, 0.5) is 0 Å². The van der Waals surface area contributed by atoms with E-state index in [1.165, 1.54) is 6.26 Å². The summed E-state index contributed by atoms with van der Waals surface area (Å²) in [5.41, 5.74) is 2.47. The van der Waals surface area contributed by atoms with E-state index < -0.39 is 0 Å². The van der Waals surface area contributed by atoms with Crippen molar-refractivity contribution in [3.05, 3.63) is 18.6 Å². The highest BCUT2D eigenvalue weighted by Crippen LogP contribution is 1.90. The molecule has 0 fully saturated rings. The molecule has 0 N–H and O–H groups in total. The first-order chi connectivity index (χ1) is 4.77. The highest BCUT2D eigenvalue weighted by molar-refractivity contribution is 5.75. The predicted octanol–water partition coefficient (Wildman–Crippen LogP) is 1.67. The van der Waals surface area contributed by atoms with Crippen molar-refractivity contribution in [2.24, 2.45) is 0 Å². The maximum absolute atomic E-state index is 10.4. The van der Waals surface area contributed by atoms with E-state index in [0.29, 0.717) is 13.0 Å². The van der Waals surface area contributed by atoms with Crippen LogP contribution in [0.3, 0.4) is 0 Å². The monoisotopic (exact) mass is 140 g/mol. The van der Waals surface area contributed by atoms with Crippen molar-refractivity contribution in [2.75, 3.05) is 6.61 Å². The van der Waals surface area contributed by atoms with E-state index in [2.05, 4.69) is 12.3 Å². The molecule has 2 heteroatoms. The average Bonchev–Trinajstić information content (AvgIpc) is 1.87. The zero-order valence-corrected chi connectivity index (χ0v) is 6.22. The molecular weight excluding hydrogens is 128 g/mol. The second kappa shape index (κ2) is 6.12. The predicted molar refractivity (Wildman–Crippen MR) is 39.6 cm³/mol. The molecule has 0 saturated carbocycles. The van der Waals surface area contributed by atoms with Gasteiger partial charge in [-0.15, -0.1) is 0 Å². The van der Waals surface area contributed by atoms with Gasteiger partial charge in [-0.25, -0.2) is 0 Å². The molecule has 10 heavy (non-hydrogen) atoms. The second-order valence-electron chi connectivity index (χ2n) is 2.00. The molecule has 0 aromatic rings. The van der Waals surface area contributed by atoms with E-state index in [1.54, 1.807) is 6.92 Å². The number of Topliss-reactive ketones (excluding diaryl/α,β-unsaturated/α-hetero) is 1. The molecule has 0 radical (unpaired) electrons. The van der Waals surface area contributed by atoms with Crippen molar-refractivity contribution >= 4 is 5.78 Å². The summed E-state index contributed by atoms with van der Waals surface area (Å²) in [6.45, 7) is 5.47. The Hall–Kier alpha value is -1.01. The van der Waals surface area contributed by atoms with Crippen molar-refractivity contribution in [1.29, 1.82) is 0 Å². The van der Waals surface area contributed by atoms with Gasteiger partial charge in [0.15, 0.2) is 0 Å². The topological polar surface area (TPSA) is 26.3 Å². The van der Waals surface area contributed by atoms with Gasteiger partial charge in [0.2, 0.25) is 0 Å². The molecule has 0 amide bonds. The number of hydrogen-bond acceptors (Lipinski definition) is 2. The molecule has 0 unspecified atom stereocenters. The molecule has 0 aromatic carbocycles. The summed E-state index contributed by atoms with van der Waals surface area (Å²) < 4.78 is 4.88. The third kappa shape index (κ3) is 6.99. The molecule has 0 aliphatic rings. The Bertz CT molecular complexity index is 139. The van der Waals surface area contributed by atoms with Crippen molar-refractivity contribution in [3.8, 4) is 0 Å². The van der Waals surface area contributed by atoms with Crippen molar-refractivity contribution < 1.29 is 9.53 Å². The van der Waals surface area contributed by atoms with Gasteiger partial charge >= 0.3 is 0 Å². The minimum Gasteiger partial charge on any atom is -0.493 e. The van der Waals surface area contributed by atoms with E-state index in [4.69, 9.17) is 4.74 Å². The van der Waals surface area contributed by atoms with Crippen LogP contribution in [0, 0.1) is 0 Å². The Morgan fingerprint density at radius 3 is 3.00 bits per heavy atom. The molecule has 0 bridgehead atoms. The van der Waals surface area contributed by atoms with Crippen LogP contribution in [0.15, 0.2) is 18.6 Å². The van der Waals surface area contributed by atoms with E-state index in [1.807, 2.05) is 0 Å². The van der Waals surface area contributed by atoms with Gasteiger partial charge in [0.1, 0.15) is 12.0 Å². The van der Waals surface area contributed by atoms with Crippen LogP contribution in [0.1, 0.15) is 19.8 Å². The van der Waals surface area contributed by atoms with Crippen molar-refractivity contribution in [1.82, 2.24) is 0 Å². The minimum atomic E-state index is 0.200. The minimum absolute atomic E-state index is 0.200. The third-order valence-corrected chi connectivity index (χ3v) is 0.958. The molecular formula is C8H12O2. The highest BCUT2D eigenvalue weighted by Gasteiger charge is 1.90. The van der Waals surface area contributed by atoms with Crippen molar-refractivity contribution in [3.63, 3.8) is 0 Å². The lowest BCUT2D eigenvalue weighted by Gasteiger charge is -1.95. The third-order valence-electron chi connectivity index (χ3n) is 0.958. The Balaban J connectivity index is 3.05. The van der Waals surface area contributed by atoms with Gasteiger partial charge in [0.05, 0.1) is 6.61 Å². The van der Waals surface area contributed by atoms with Crippen LogP contribution in [0.2, 0.25) is 0 Å². The SMILES string of the molecule is C=C=COCCCC(C)=O. The van der Waals surface area contributed by atoms with E-state index in [0.717, 1.165) is 6.42 Å². The number of rotatable bonds is 5. The van der Waals surface area contributed by atoms with Gasteiger partial charge in [-0.05, 0) is 13.3 Å². The molecule has 0 rings (SSSR count). The Labute approximate surface area is 61.2 Å². The fourth-order valence-electron chi connectivity index (χ4n) is 0.522. The normalized spacial score (nSPS) is 8.10. The van der Waals surface area contributed by atoms with Gasteiger partial charge < -0.3 is 9.53 Å². The number of carbonyl (C=O) groups excluding carboxylic acids is 1. The number of carbonyl (C=O) groups is 1. The molecule has 0 atom stereocenters. The van der Waals surface area contributed by atoms with Gasteiger partial charge in [-0.2, -0.15) is 0 Å². The summed E-state index contributed by atoms with van der Waals surface area (Å²) >= 11 is 0. The number of ketones is 1. The lowest BCUT2D eigenvalue weighted by molar-refractivity contribution is -0.117. The largest absolute Gasteiger partial charge is 0.493 e. The first-order valence-electron chi connectivity index (χ1n) is 3.22. The van der Waals surface area contributed by atoms with E-state index in [9.17, 15) is 4.79 Å². The summed E-state index contributed by atoms with van der Waals surface area (Å²) in [7, 11) is 0. The zero-order chi connectivity index (χ0) is 7.82. The summed E-state index contributed by atoms with van der Waals surface area (Å²) in [6, 6.07) is 0. The van der Waals surface area contributed by atoms with Crippen molar-refractivity contribution in [2.45, 2.75) is 19.8 Å². The van der Waals surface area contributed by atoms with Crippen LogP contribution in [0.5, 0.6) is 0 Å². The highest BCUT2D eigenvalue weighted by atomic mass is 16.5. The Morgan fingerprint density at radius 2 is 2.50 bits per heavy atom. The molecule has 56 valence electrons. The summed E-state index contributed by atoms with van der Waals surface area (Å²) in [6.07, 6.45) is 2.76. The lowest BCUT2D eigenvalue weighted by atomic mass is 10.2. The molecule has 0 aliphatic heterocycles. The van der Waals surface area contributed by atoms with Crippen LogP contribution in [-0.2, 0) is 9.53 Å². The molecule has 2 nitrogen and oxygen atoms in total. The average molecular weight is 140 g/mol. The molecule has 0 aromatic heterocycles. The summed E-state index contributed by atoms with van der Waals surface area (Å²) in [5.74, 6) is 0.200. The maximum Gasteiger partial charge on any atom is 0.129 e. The van der Waals surface area contributed by atoms with Crippen LogP contribution in [0.25, 0.3) is 0 Å². The van der Waals surface area contributed by atoms with Crippen LogP contribution >= 0.6 is 0 Å². The molecule has 0 saturated heterocycles. The summed E-state index contributed by atoms with van der Waals surface area (Å²) in [4.78, 5) is 10.4. The number of ether oxygens (including phenoxy) is 1. The van der Waals surface area contributed by atoms with Gasteiger partial charge in [-0.3, -0.25) is 0 Å². The lowest BCUT2D eigenvalue weighted by Crippen LogP contribution is -1.93. The maximum atomic E-state index is 10.4. The quantitative estimate of drug-likeness (QED) is 0.330. The van der Waals surface area contributed by atoms with Gasteiger partial charge in [0.25, 0.3) is 0 Å². The first-order valence-corrected chi connectivity index (χ1v) is 3.22. The fraction of sp³-hybridized carbons (Fsp3) is 0.500. The smallest absolute Gasteiger partial charge is 0.129 e. The zero-order valence-electron chi connectivity index (χ0n) is 6.22. The van der Waals surface area contributed by atoms with Crippen LogP contribution < -0.4 is 0 Å². The molecule has 0 spiro atoms.